The maximum Gasteiger partial charge on any atom is 0.0591 e. The van der Waals surface area contributed by atoms with Gasteiger partial charge in [-0.15, -0.1) is 0 Å². The van der Waals surface area contributed by atoms with E-state index in [0.717, 1.165) is 51.5 Å². The Balaban J connectivity index is 0.800. The summed E-state index contributed by atoms with van der Waals surface area (Å²) in [6.07, 6.45) is 10.1. The van der Waals surface area contributed by atoms with E-state index in [1.807, 2.05) is 0 Å². The van der Waals surface area contributed by atoms with E-state index in [1.165, 1.54) is 155 Å². The van der Waals surface area contributed by atoms with Crippen LogP contribution in [0.5, 0.6) is 0 Å². The van der Waals surface area contributed by atoms with Gasteiger partial charge in [-0.3, -0.25) is 8.88 Å². The number of rotatable bonds is 19. The number of benzene rings is 15. The summed E-state index contributed by atoms with van der Waals surface area (Å²) in [5.41, 5.74) is 24.9. The van der Waals surface area contributed by atoms with Crippen LogP contribution in [-0.2, 0) is 6.42 Å². The molecule has 0 saturated carbocycles. The van der Waals surface area contributed by atoms with Gasteiger partial charge in [0.2, 0.25) is 0 Å². The smallest absolute Gasteiger partial charge is 0.0591 e. The Hall–Kier alpha value is -8.88. The summed E-state index contributed by atoms with van der Waals surface area (Å²) in [7, 11) is -2.88. The molecule has 0 amide bonds. The lowest BCUT2D eigenvalue weighted by Gasteiger charge is -2.47. The van der Waals surface area contributed by atoms with Crippen molar-refractivity contribution in [1.82, 2.24) is 8.88 Å². The zero-order valence-corrected chi connectivity index (χ0v) is 70.6. The number of nitrogens with zero attached hydrogens (tertiary/aromatic N) is 3. The molecule has 3 saturated heterocycles. The lowest BCUT2D eigenvalue weighted by Crippen LogP contribution is -2.31. The highest BCUT2D eigenvalue weighted by Crippen LogP contribution is 2.80. The summed E-state index contributed by atoms with van der Waals surface area (Å²) in [5, 5.41) is 13.8. The molecule has 3 fully saturated rings. The van der Waals surface area contributed by atoms with Crippen LogP contribution in [0.3, 0.4) is 0 Å². The number of hydrogen-bond acceptors (Lipinski definition) is 3. The van der Waals surface area contributed by atoms with Gasteiger partial charge in [-0.2, -0.15) is 0 Å². The number of para-hydroxylation sites is 1. The molecule has 1 aliphatic carbocycles. The van der Waals surface area contributed by atoms with Crippen molar-refractivity contribution in [2.24, 2.45) is 0 Å². The Bertz CT molecular complexity index is 5800. The SMILES string of the molecule is CCCCN(P(c1ccc2ccccc2c1)c1ccc2c3cc(cc2c1)-c1cc(P2c4ccccc4-c4ccccc4N2P2[C@H](c4ccccc4)CC[C@H]2c2ccccc2)ccc1Cc1ccc([C@@H]2CC[C@@H](c4ccc(C)cc4)P2N(C)P(c2ccccc2)c2ccccc2)cc1-3)P1[C@H](c2ccccc2)CC[C@H]1c1ccccc1. The van der Waals surface area contributed by atoms with E-state index < -0.39 is 48.4 Å². The van der Waals surface area contributed by atoms with Gasteiger partial charge in [0.15, 0.2) is 0 Å². The van der Waals surface area contributed by atoms with E-state index in [1.54, 1.807) is 0 Å². The summed E-state index contributed by atoms with van der Waals surface area (Å²) in [6.45, 7) is 5.69. The highest BCUT2D eigenvalue weighted by Gasteiger charge is 2.49. The molecule has 0 spiro atoms. The van der Waals surface area contributed by atoms with Gasteiger partial charge in [0.1, 0.15) is 0 Å². The molecule has 9 atom stereocenters. The third-order valence-electron chi connectivity index (χ3n) is 25.0. The first-order valence-electron chi connectivity index (χ1n) is 41.3. The molecule has 15 aromatic rings. The molecule has 15 aromatic carbocycles. The van der Waals surface area contributed by atoms with Crippen LogP contribution in [-0.4, -0.2) is 22.5 Å². The van der Waals surface area contributed by atoms with Crippen LogP contribution < -0.4 is 36.3 Å². The molecular formula is C105H95N3P6. The summed E-state index contributed by atoms with van der Waals surface area (Å²) in [6, 6.07) is 144. The van der Waals surface area contributed by atoms with Crippen LogP contribution >= 0.6 is 48.4 Å². The van der Waals surface area contributed by atoms with E-state index in [0.29, 0.717) is 34.0 Å². The van der Waals surface area contributed by atoms with E-state index in [9.17, 15) is 0 Å². The highest BCUT2D eigenvalue weighted by atomic mass is 31.2. The zero-order chi connectivity index (χ0) is 76.2. The Morgan fingerprint density at radius 3 is 1.46 bits per heavy atom. The monoisotopic (exact) mass is 1580 g/mol. The summed E-state index contributed by atoms with van der Waals surface area (Å²) in [4.78, 5) is 0. The lowest BCUT2D eigenvalue weighted by molar-refractivity contribution is 0.632. The third kappa shape index (κ3) is 14.0. The fourth-order valence-electron chi connectivity index (χ4n) is 19.7. The molecule has 3 nitrogen and oxygen atoms in total. The van der Waals surface area contributed by atoms with Crippen molar-refractivity contribution in [2.75, 3.05) is 18.0 Å². The number of anilines is 1. The quantitative estimate of drug-likeness (QED) is 0.0747. The molecule has 4 aliphatic heterocycles. The van der Waals surface area contributed by atoms with Crippen molar-refractivity contribution in [3.05, 3.63) is 414 Å². The highest BCUT2D eigenvalue weighted by molar-refractivity contribution is 7.86. The van der Waals surface area contributed by atoms with Gasteiger partial charge in [-0.05, 0) is 233 Å². The number of aryl methyl sites for hydroxylation is 1. The lowest BCUT2D eigenvalue weighted by atomic mass is 9.83. The summed E-state index contributed by atoms with van der Waals surface area (Å²) < 4.78 is 9.14. The van der Waals surface area contributed by atoms with Crippen LogP contribution in [0.25, 0.3) is 54.9 Å². The average molecular weight is 1580 g/mol. The Morgan fingerprint density at radius 2 is 0.833 bits per heavy atom. The van der Waals surface area contributed by atoms with Crippen LogP contribution in [0.4, 0.5) is 5.69 Å². The zero-order valence-electron chi connectivity index (χ0n) is 65.2. The summed E-state index contributed by atoms with van der Waals surface area (Å²) in [5.74, 6) is 0. The van der Waals surface area contributed by atoms with Crippen molar-refractivity contribution < 1.29 is 0 Å². The summed E-state index contributed by atoms with van der Waals surface area (Å²) >= 11 is 0. The molecular weight excluding hydrogens is 1490 g/mol. The van der Waals surface area contributed by atoms with Crippen LogP contribution in [0.2, 0.25) is 0 Å². The maximum atomic E-state index is 3.16. The number of unbranched alkanes of at least 4 members (excludes halogenated alkanes) is 1. The van der Waals surface area contributed by atoms with Crippen molar-refractivity contribution in [1.29, 1.82) is 0 Å². The van der Waals surface area contributed by atoms with Crippen molar-refractivity contribution in [2.45, 2.75) is 106 Å². The molecule has 9 heteroatoms. The van der Waals surface area contributed by atoms with Crippen molar-refractivity contribution in [3.63, 3.8) is 0 Å². The maximum absolute atomic E-state index is 3.16. The minimum atomic E-state index is -1.11. The van der Waals surface area contributed by atoms with Crippen molar-refractivity contribution >= 4 is 107 Å². The fourth-order valence-corrected chi connectivity index (χ4v) is 41.9. The predicted molar refractivity (Wildman–Crippen MR) is 499 cm³/mol. The number of fused-ring (bicyclic) bond motifs is 12. The van der Waals surface area contributed by atoms with Gasteiger partial charge in [0, 0.05) is 80.9 Å². The standard InChI is InChI=1S/C105H95N3P6/c1-4-5-66-107(113-100(76-31-12-6-13-32-76)61-62-101(113)77-33-14-7-15-34-77)110(89-56-54-75-30-24-25-39-81(75)69-89)90-58-59-92-85(70-90)68-86-72-97(92)96-71-84(104-65-60-99(80-50-48-74(2)49-51-80)112(104)106(3)109(87-40-20-10-21-41-87)88-42-22-11-23-43-88)53-52-83(96)67-82-55-57-91(73-95(82)86)111-105-47-29-27-45-94(105)93-44-26-28-46-98(93)108(111)114-102(78-35-16-8-17-36-78)63-64-103(114)79-37-18-9-19-38-79/h6-59,68-73,99-104H,4-5,60-67H2,1-3H3/t99-,100-,101-,102-,103-,104-,110?,111?,112?/m0/s1. The topological polar surface area (TPSA) is 9.72 Å². The van der Waals surface area contributed by atoms with Crippen LogP contribution in [0.1, 0.15) is 142 Å². The fraction of sp³-hybridized carbons (Fsp3) is 0.181. The molecule has 5 aliphatic rings. The molecule has 560 valence electrons. The average Bonchev–Trinajstić information content (AvgIpc) is 1.23. The second-order valence-electron chi connectivity index (χ2n) is 31.8. The van der Waals surface area contributed by atoms with Gasteiger partial charge in [0.05, 0.1) is 13.8 Å². The minimum Gasteiger partial charge on any atom is -0.319 e. The molecule has 20 rings (SSSR count). The molecule has 2 bridgehead atoms. The van der Waals surface area contributed by atoms with E-state index in [2.05, 4.69) is 398 Å². The van der Waals surface area contributed by atoms with Gasteiger partial charge in [-0.1, -0.05) is 346 Å². The number of hydrogen-bond donors (Lipinski definition) is 0. The Kier molecular flexibility index (Phi) is 21.2. The first kappa shape index (κ1) is 74.0. The molecule has 3 unspecified atom stereocenters. The molecule has 4 heterocycles. The van der Waals surface area contributed by atoms with Gasteiger partial charge >= 0.3 is 0 Å². The predicted octanol–water partition coefficient (Wildman–Crippen LogP) is 28.1. The second-order valence-corrected chi connectivity index (χ2v) is 46.7. The largest absolute Gasteiger partial charge is 0.319 e. The molecule has 0 aromatic heterocycles. The second kappa shape index (κ2) is 32.7. The minimum absolute atomic E-state index is 0.343. The normalized spacial score (nSPS) is 20.2. The van der Waals surface area contributed by atoms with Gasteiger partial charge in [-0.25, -0.2) is 0 Å². The van der Waals surface area contributed by atoms with E-state index in [4.69, 9.17) is 0 Å². The van der Waals surface area contributed by atoms with Gasteiger partial charge in [0.25, 0.3) is 0 Å². The van der Waals surface area contributed by atoms with E-state index >= 15 is 0 Å². The van der Waals surface area contributed by atoms with Crippen LogP contribution in [0, 0.1) is 6.92 Å². The molecule has 114 heavy (non-hydrogen) atoms. The van der Waals surface area contributed by atoms with Gasteiger partial charge < -0.3 is 4.44 Å². The first-order valence-corrected chi connectivity index (χ1v) is 49.5. The Morgan fingerprint density at radius 1 is 0.351 bits per heavy atom. The van der Waals surface area contributed by atoms with Crippen LogP contribution in [0.15, 0.2) is 364 Å². The first-order chi connectivity index (χ1) is 56.3. The van der Waals surface area contributed by atoms with E-state index in [-0.39, 0.29) is 0 Å². The van der Waals surface area contributed by atoms with Crippen molar-refractivity contribution in [3.8, 4) is 33.4 Å². The molecule has 0 N–H and O–H groups in total. The Labute approximate surface area is 682 Å². The molecule has 0 radical (unpaired) electrons. The third-order valence-corrected chi connectivity index (χ3v) is 44.3.